The number of nitrogens with zero attached hydrogens (tertiary/aromatic N) is 1. The van der Waals surface area contributed by atoms with Crippen LogP contribution in [0.4, 0.5) is 4.79 Å². The zero-order chi connectivity index (χ0) is 29.4. The number of aromatic nitrogens is 1. The number of carbonyl (C=O) groups is 3. The summed E-state index contributed by atoms with van der Waals surface area (Å²) >= 11 is 6.02. The SMILES string of the molecule is C[C@@](Cc1c[nH]c2ccccc12)(NC(=O)OC1C2CC3CC(C2)CC1C3)C(=O)N(CCc1ccc(Cl)cc1)CC(=O)O. The minimum absolute atomic E-state index is 0.134. The van der Waals surface area contributed by atoms with Crippen molar-refractivity contribution in [2.24, 2.45) is 23.7 Å². The Morgan fingerprint density at radius 1 is 1.02 bits per heavy atom. The van der Waals surface area contributed by atoms with Crippen molar-refractivity contribution in [1.29, 1.82) is 0 Å². The second kappa shape index (κ2) is 11.6. The molecule has 8 nitrogen and oxygen atoms in total. The van der Waals surface area contributed by atoms with E-state index in [0.717, 1.165) is 59.5 Å². The summed E-state index contributed by atoms with van der Waals surface area (Å²) in [5.41, 5.74) is 1.26. The van der Waals surface area contributed by atoms with Crippen molar-refractivity contribution < 1.29 is 24.2 Å². The van der Waals surface area contributed by atoms with Crippen molar-refractivity contribution in [2.45, 2.75) is 63.5 Å². The third-order valence-electron chi connectivity index (χ3n) is 9.65. The molecule has 4 saturated carbocycles. The summed E-state index contributed by atoms with van der Waals surface area (Å²) in [5, 5.41) is 14.2. The van der Waals surface area contributed by atoms with E-state index in [4.69, 9.17) is 16.3 Å². The maximum Gasteiger partial charge on any atom is 0.408 e. The molecule has 4 bridgehead atoms. The first-order valence-corrected chi connectivity index (χ1v) is 15.3. The van der Waals surface area contributed by atoms with E-state index in [1.807, 2.05) is 42.6 Å². The van der Waals surface area contributed by atoms with Crippen LogP contribution in [-0.2, 0) is 27.2 Å². The van der Waals surface area contributed by atoms with Crippen molar-refractivity contribution in [1.82, 2.24) is 15.2 Å². The lowest BCUT2D eigenvalue weighted by Gasteiger charge is -2.53. The molecule has 222 valence electrons. The molecule has 42 heavy (non-hydrogen) atoms. The first-order valence-electron chi connectivity index (χ1n) is 15.0. The molecule has 7 rings (SSSR count). The van der Waals surface area contributed by atoms with E-state index in [2.05, 4.69) is 10.3 Å². The number of ether oxygens (including phenoxy) is 1. The predicted octanol–water partition coefficient (Wildman–Crippen LogP) is 5.83. The quantitative estimate of drug-likeness (QED) is 0.275. The standard InChI is InChI=1S/C33H38ClN3O5/c1-33(17-25-18-35-28-5-3-2-4-27(25)28,31(40)37(19-29(38)39)11-10-20-6-8-26(34)9-7-20)36-32(41)42-30-23-13-21-12-22(15-23)16-24(30)14-21/h2-9,18,21-24,30,35H,10-17,19H2,1H3,(H,36,41)(H,38,39)/t21?,22?,23?,24?,30?,33-/m0/s1. The molecule has 0 radical (unpaired) electrons. The van der Waals surface area contributed by atoms with Gasteiger partial charge < -0.3 is 25.0 Å². The fourth-order valence-electron chi connectivity index (χ4n) is 7.96. The molecule has 1 atom stereocenters. The number of carboxylic acid groups (broad SMARTS) is 1. The highest BCUT2D eigenvalue weighted by Crippen LogP contribution is 2.54. The van der Waals surface area contributed by atoms with Gasteiger partial charge in [0.15, 0.2) is 0 Å². The normalized spacial score (nSPS) is 25.6. The van der Waals surface area contributed by atoms with Crippen LogP contribution >= 0.6 is 11.6 Å². The maximum absolute atomic E-state index is 14.3. The van der Waals surface area contributed by atoms with Crippen LogP contribution in [0.3, 0.4) is 0 Å². The van der Waals surface area contributed by atoms with E-state index in [1.54, 1.807) is 19.1 Å². The van der Waals surface area contributed by atoms with Gasteiger partial charge in [0.05, 0.1) is 0 Å². The first kappa shape index (κ1) is 28.6. The van der Waals surface area contributed by atoms with Gasteiger partial charge in [0, 0.05) is 35.1 Å². The van der Waals surface area contributed by atoms with Crippen LogP contribution in [0.2, 0.25) is 5.02 Å². The van der Waals surface area contributed by atoms with Gasteiger partial charge in [-0.05, 0) is 98.4 Å². The Bertz CT molecular complexity index is 1440. The molecule has 2 aromatic carbocycles. The number of nitrogens with one attached hydrogen (secondary N) is 2. The van der Waals surface area contributed by atoms with Gasteiger partial charge in [-0.3, -0.25) is 9.59 Å². The number of carboxylic acids is 1. The highest BCUT2D eigenvalue weighted by molar-refractivity contribution is 6.30. The second-order valence-corrected chi connectivity index (χ2v) is 13.2. The largest absolute Gasteiger partial charge is 0.480 e. The zero-order valence-corrected chi connectivity index (χ0v) is 24.6. The number of amides is 2. The number of benzene rings is 2. The minimum Gasteiger partial charge on any atom is -0.480 e. The van der Waals surface area contributed by atoms with Gasteiger partial charge in [0.25, 0.3) is 0 Å². The van der Waals surface area contributed by atoms with Crippen LogP contribution in [0.1, 0.15) is 50.2 Å². The molecule has 0 saturated heterocycles. The summed E-state index contributed by atoms with van der Waals surface area (Å²) in [6.45, 7) is 1.36. The fourth-order valence-corrected chi connectivity index (χ4v) is 8.08. The Kier molecular flexibility index (Phi) is 7.92. The summed E-state index contributed by atoms with van der Waals surface area (Å²) in [6.07, 6.45) is 7.43. The summed E-state index contributed by atoms with van der Waals surface area (Å²) in [5.74, 6) is 0.663. The second-order valence-electron chi connectivity index (χ2n) is 12.8. The molecule has 2 amide bonds. The number of alkyl carbamates (subject to hydrolysis) is 1. The Hall–Kier alpha value is -3.52. The van der Waals surface area contributed by atoms with Gasteiger partial charge in [-0.15, -0.1) is 0 Å². The van der Waals surface area contributed by atoms with E-state index in [1.165, 1.54) is 11.3 Å². The van der Waals surface area contributed by atoms with Crippen LogP contribution < -0.4 is 5.32 Å². The Labute approximate surface area is 250 Å². The van der Waals surface area contributed by atoms with Crippen molar-refractivity contribution in [3.8, 4) is 0 Å². The number of rotatable bonds is 10. The molecule has 3 N–H and O–H groups in total. The smallest absolute Gasteiger partial charge is 0.408 e. The van der Waals surface area contributed by atoms with E-state index in [-0.39, 0.29) is 19.1 Å². The van der Waals surface area contributed by atoms with Crippen LogP contribution in [0.15, 0.2) is 54.7 Å². The summed E-state index contributed by atoms with van der Waals surface area (Å²) in [7, 11) is 0. The Morgan fingerprint density at radius 3 is 2.36 bits per heavy atom. The van der Waals surface area contributed by atoms with Gasteiger partial charge in [0.2, 0.25) is 5.91 Å². The van der Waals surface area contributed by atoms with Crippen LogP contribution in [0, 0.1) is 23.7 Å². The van der Waals surface area contributed by atoms with Crippen molar-refractivity contribution >= 4 is 40.5 Å². The number of hydrogen-bond acceptors (Lipinski definition) is 4. The molecule has 1 aromatic heterocycles. The van der Waals surface area contributed by atoms with Gasteiger partial charge in [-0.25, -0.2) is 4.79 Å². The molecule has 0 aliphatic heterocycles. The number of aliphatic carboxylic acids is 1. The molecule has 4 aliphatic carbocycles. The average molecular weight is 592 g/mol. The molecule has 0 spiro atoms. The summed E-state index contributed by atoms with van der Waals surface area (Å²) in [4.78, 5) is 44.3. The monoisotopic (exact) mass is 591 g/mol. The minimum atomic E-state index is -1.44. The third-order valence-corrected chi connectivity index (χ3v) is 9.90. The number of hydrogen-bond donors (Lipinski definition) is 3. The van der Waals surface area contributed by atoms with Gasteiger partial charge in [-0.2, -0.15) is 0 Å². The highest BCUT2D eigenvalue weighted by Gasteiger charge is 2.50. The van der Waals surface area contributed by atoms with Crippen LogP contribution in [0.5, 0.6) is 0 Å². The van der Waals surface area contributed by atoms with Crippen molar-refractivity contribution in [3.05, 3.63) is 70.9 Å². The van der Waals surface area contributed by atoms with Gasteiger partial charge in [0.1, 0.15) is 18.2 Å². The highest BCUT2D eigenvalue weighted by atomic mass is 35.5. The summed E-state index contributed by atoms with van der Waals surface area (Å²) in [6, 6.07) is 15.0. The molecule has 4 fully saturated rings. The molecule has 1 heterocycles. The lowest BCUT2D eigenvalue weighted by molar-refractivity contribution is -0.147. The van der Waals surface area contributed by atoms with Crippen LogP contribution in [-0.4, -0.2) is 57.7 Å². The van der Waals surface area contributed by atoms with Crippen LogP contribution in [0.25, 0.3) is 10.9 Å². The Balaban J connectivity index is 1.24. The summed E-state index contributed by atoms with van der Waals surface area (Å²) < 4.78 is 6.12. The number of halogens is 1. The number of fused-ring (bicyclic) bond motifs is 1. The molecule has 9 heteroatoms. The predicted molar refractivity (Wildman–Crippen MR) is 160 cm³/mol. The molecular weight excluding hydrogens is 554 g/mol. The lowest BCUT2D eigenvalue weighted by atomic mass is 9.55. The number of aromatic amines is 1. The van der Waals surface area contributed by atoms with Crippen molar-refractivity contribution in [3.63, 3.8) is 0 Å². The third kappa shape index (κ3) is 6.00. The van der Waals surface area contributed by atoms with Gasteiger partial charge in [-0.1, -0.05) is 41.9 Å². The molecule has 3 aromatic rings. The average Bonchev–Trinajstić information content (AvgIpc) is 3.35. The molecule has 4 aliphatic rings. The fraction of sp³-hybridized carbons (Fsp3) is 0.485. The maximum atomic E-state index is 14.3. The van der Waals surface area contributed by atoms with Gasteiger partial charge >= 0.3 is 12.1 Å². The topological polar surface area (TPSA) is 112 Å². The lowest BCUT2D eigenvalue weighted by Crippen LogP contribution is -2.61. The number of carbonyl (C=O) groups excluding carboxylic acids is 2. The zero-order valence-electron chi connectivity index (χ0n) is 23.9. The first-order chi connectivity index (χ1) is 20.2. The number of para-hydroxylation sites is 1. The number of H-pyrrole nitrogens is 1. The van der Waals surface area contributed by atoms with E-state index in [9.17, 15) is 19.5 Å². The Morgan fingerprint density at radius 2 is 1.69 bits per heavy atom. The van der Waals surface area contributed by atoms with E-state index >= 15 is 0 Å². The molecule has 0 unspecified atom stereocenters. The molecular formula is C33H38ClN3O5. The van der Waals surface area contributed by atoms with E-state index in [0.29, 0.717) is 23.3 Å². The van der Waals surface area contributed by atoms with Crippen molar-refractivity contribution in [2.75, 3.05) is 13.1 Å². The van der Waals surface area contributed by atoms with E-state index < -0.39 is 30.1 Å².